The van der Waals surface area contributed by atoms with Crippen LogP contribution in [0.2, 0.25) is 0 Å². The molecule has 1 unspecified atom stereocenters. The van der Waals surface area contributed by atoms with Crippen molar-refractivity contribution in [2.45, 2.75) is 70.2 Å². The van der Waals surface area contributed by atoms with Crippen LogP contribution in [-0.4, -0.2) is 43.3 Å². The van der Waals surface area contributed by atoms with Gasteiger partial charge in [0.05, 0.1) is 11.5 Å². The van der Waals surface area contributed by atoms with Gasteiger partial charge in [-0.15, -0.1) is 0 Å². The lowest BCUT2D eigenvalue weighted by Crippen LogP contribution is -2.39. The summed E-state index contributed by atoms with van der Waals surface area (Å²) >= 11 is 0. The van der Waals surface area contributed by atoms with E-state index in [1.807, 2.05) is 6.92 Å². The first-order valence-electron chi connectivity index (χ1n) is 9.76. The molecule has 0 saturated heterocycles. The molecule has 0 aliphatic rings. The van der Waals surface area contributed by atoms with Gasteiger partial charge in [-0.2, -0.15) is 4.79 Å². The molecule has 1 aromatic carbocycles. The first-order valence-corrected chi connectivity index (χ1v) is 11.2. The van der Waals surface area contributed by atoms with Crippen molar-refractivity contribution in [3.8, 4) is 0 Å². The van der Waals surface area contributed by atoms with Gasteiger partial charge in [-0.1, -0.05) is 50.3 Å². The van der Waals surface area contributed by atoms with Gasteiger partial charge in [-0.05, 0) is 32.4 Å². The molecule has 0 fully saturated rings. The minimum absolute atomic E-state index is 0.0195. The van der Waals surface area contributed by atoms with E-state index in [-0.39, 0.29) is 17.9 Å². The molecule has 8 nitrogen and oxygen atoms in total. The van der Waals surface area contributed by atoms with Gasteiger partial charge in [0.1, 0.15) is 0 Å². The molecule has 0 spiro atoms. The number of esters is 1. The molecule has 29 heavy (non-hydrogen) atoms. The Morgan fingerprint density at radius 1 is 1.14 bits per heavy atom. The molecule has 0 heterocycles. The van der Waals surface area contributed by atoms with Crippen LogP contribution in [0.3, 0.4) is 0 Å². The molecule has 0 aliphatic heterocycles. The van der Waals surface area contributed by atoms with Gasteiger partial charge in [0, 0.05) is 12.5 Å². The van der Waals surface area contributed by atoms with Crippen LogP contribution in [0, 0.1) is 6.92 Å². The minimum Gasteiger partial charge on any atom is -0.457 e. The van der Waals surface area contributed by atoms with E-state index >= 15 is 0 Å². The number of nitrogens with one attached hydrogen (secondary N) is 1. The second-order valence-corrected chi connectivity index (χ2v) is 8.49. The van der Waals surface area contributed by atoms with Crippen molar-refractivity contribution in [2.24, 2.45) is 0 Å². The highest BCUT2D eigenvalue weighted by Gasteiger charge is 2.33. The van der Waals surface area contributed by atoms with E-state index in [9.17, 15) is 18.0 Å². The second kappa shape index (κ2) is 12.3. The number of carbonyl (C=O) groups excluding carboxylic acids is 2. The highest BCUT2D eigenvalue weighted by atomic mass is 32.2. The zero-order valence-corrected chi connectivity index (χ0v) is 18.0. The molecular weight excluding hydrogens is 394 g/mol. The fraction of sp³-hybridized carbons (Fsp3) is 0.550. The summed E-state index contributed by atoms with van der Waals surface area (Å²) in [5.41, 5.74) is 9.20. The van der Waals surface area contributed by atoms with Crippen LogP contribution in [0.4, 0.5) is 0 Å². The maximum atomic E-state index is 12.7. The fourth-order valence-corrected chi connectivity index (χ4v) is 4.03. The average Bonchev–Trinajstić information content (AvgIpc) is 2.66. The van der Waals surface area contributed by atoms with Gasteiger partial charge >= 0.3 is 11.7 Å². The second-order valence-electron chi connectivity index (χ2n) is 6.78. The van der Waals surface area contributed by atoms with Gasteiger partial charge in [0.2, 0.25) is 10.0 Å². The number of aryl methyl sites for hydroxylation is 1. The number of rotatable bonds is 13. The summed E-state index contributed by atoms with van der Waals surface area (Å²) in [5.74, 6) is -1.82. The molecule has 0 aromatic heterocycles. The quantitative estimate of drug-likeness (QED) is 0.130. The Morgan fingerprint density at radius 3 is 2.34 bits per heavy atom. The number of unbranched alkanes of at least 4 members (excludes halogenated alkanes) is 3. The largest absolute Gasteiger partial charge is 0.457 e. The summed E-state index contributed by atoms with van der Waals surface area (Å²) in [6.07, 6.45) is 3.73. The predicted octanol–water partition coefficient (Wildman–Crippen LogP) is 2.81. The van der Waals surface area contributed by atoms with E-state index in [4.69, 9.17) is 10.3 Å². The number of carbonyl (C=O) groups is 2. The smallest absolute Gasteiger partial charge is 0.441 e. The number of benzene rings is 1. The third kappa shape index (κ3) is 8.27. The van der Waals surface area contributed by atoms with Crippen LogP contribution in [-0.2, 0) is 24.3 Å². The van der Waals surface area contributed by atoms with E-state index in [2.05, 4.69) is 16.4 Å². The van der Waals surface area contributed by atoms with Gasteiger partial charge < -0.3 is 10.3 Å². The fourth-order valence-electron chi connectivity index (χ4n) is 2.76. The first-order chi connectivity index (χ1) is 13.7. The van der Waals surface area contributed by atoms with E-state index in [1.165, 1.54) is 12.1 Å². The third-order valence-electron chi connectivity index (χ3n) is 4.32. The Labute approximate surface area is 172 Å². The molecule has 1 rings (SSSR count). The Balaban J connectivity index is 2.97. The summed E-state index contributed by atoms with van der Waals surface area (Å²) in [6, 6.07) is 5.62. The average molecular weight is 424 g/mol. The molecule has 160 valence electrons. The van der Waals surface area contributed by atoms with E-state index in [0.29, 0.717) is 12.8 Å². The molecule has 1 N–H and O–H groups in total. The molecule has 1 aromatic rings. The number of Topliss-reactive ketones (excluding diaryl/α,β-unsaturated/α-hetero) is 1. The van der Waals surface area contributed by atoms with Crippen molar-refractivity contribution in [3.63, 3.8) is 0 Å². The third-order valence-corrected chi connectivity index (χ3v) is 5.86. The van der Waals surface area contributed by atoms with E-state index < -0.39 is 33.5 Å². The molecular formula is C20H29N3O5S. The van der Waals surface area contributed by atoms with Crippen LogP contribution in [0.1, 0.15) is 57.9 Å². The SMILES string of the molecule is CCCCCCC(CC(=O)C(=[N+]=[N-])C(=O)OCC)NS(=O)(=O)c1ccc(C)cc1. The first kappa shape index (κ1) is 24.7. The van der Waals surface area contributed by atoms with Gasteiger partial charge in [-0.25, -0.2) is 17.9 Å². The maximum absolute atomic E-state index is 12.7. The standard InChI is InChI=1S/C20H29N3O5S/c1-4-6-7-8-9-16(14-18(24)19(22-21)20(25)28-5-2)23-29(26,27)17-12-10-15(3)11-13-17/h10-13,16,23H,4-9,14H2,1-3H3. The van der Waals surface area contributed by atoms with Gasteiger partial charge in [0.25, 0.3) is 5.78 Å². The van der Waals surface area contributed by atoms with Crippen molar-refractivity contribution in [1.29, 1.82) is 0 Å². The van der Waals surface area contributed by atoms with Crippen LogP contribution in [0.15, 0.2) is 29.2 Å². The maximum Gasteiger partial charge on any atom is 0.441 e. The topological polar surface area (TPSA) is 126 Å². The summed E-state index contributed by atoms with van der Waals surface area (Å²) < 4.78 is 32.7. The van der Waals surface area contributed by atoms with Crippen LogP contribution in [0.25, 0.3) is 5.53 Å². The number of ketones is 1. The Morgan fingerprint density at radius 2 is 1.79 bits per heavy atom. The number of sulfonamides is 1. The summed E-state index contributed by atoms with van der Waals surface area (Å²) in [5, 5.41) is 0. The number of hydrogen-bond acceptors (Lipinski definition) is 5. The molecule has 0 radical (unpaired) electrons. The lowest BCUT2D eigenvalue weighted by Gasteiger charge is -2.17. The van der Waals surface area contributed by atoms with E-state index in [1.54, 1.807) is 19.1 Å². The lowest BCUT2D eigenvalue weighted by atomic mass is 10.0. The van der Waals surface area contributed by atoms with Crippen molar-refractivity contribution in [2.75, 3.05) is 6.61 Å². The summed E-state index contributed by atoms with van der Waals surface area (Å²) in [7, 11) is -3.85. The minimum atomic E-state index is -3.85. The number of hydrogen-bond donors (Lipinski definition) is 1. The zero-order chi connectivity index (χ0) is 21.9. The van der Waals surface area contributed by atoms with Crippen molar-refractivity contribution in [1.82, 2.24) is 4.72 Å². The number of nitrogens with zero attached hydrogens (tertiary/aromatic N) is 2. The van der Waals surface area contributed by atoms with E-state index in [0.717, 1.165) is 24.8 Å². The van der Waals surface area contributed by atoms with Crippen molar-refractivity contribution >= 4 is 27.5 Å². The predicted molar refractivity (Wildman–Crippen MR) is 109 cm³/mol. The Kier molecular flexibility index (Phi) is 10.4. The lowest BCUT2D eigenvalue weighted by molar-refractivity contribution is -0.141. The molecule has 0 saturated carbocycles. The van der Waals surface area contributed by atoms with Crippen LogP contribution < -0.4 is 4.72 Å². The molecule has 9 heteroatoms. The van der Waals surface area contributed by atoms with Crippen LogP contribution in [0.5, 0.6) is 0 Å². The molecule has 0 bridgehead atoms. The van der Waals surface area contributed by atoms with Crippen molar-refractivity contribution < 1.29 is 27.5 Å². The van der Waals surface area contributed by atoms with Crippen molar-refractivity contribution in [3.05, 3.63) is 35.4 Å². The molecule has 1 atom stereocenters. The zero-order valence-electron chi connectivity index (χ0n) is 17.2. The van der Waals surface area contributed by atoms with Gasteiger partial charge in [-0.3, -0.25) is 4.79 Å². The monoisotopic (exact) mass is 423 g/mol. The molecule has 0 aliphatic carbocycles. The summed E-state index contributed by atoms with van der Waals surface area (Å²) in [4.78, 5) is 27.0. The highest BCUT2D eigenvalue weighted by molar-refractivity contribution is 7.89. The summed E-state index contributed by atoms with van der Waals surface area (Å²) in [6.45, 7) is 5.49. The Hall–Kier alpha value is -2.35. The Bertz CT molecular complexity index is 843. The van der Waals surface area contributed by atoms with Gasteiger partial charge in [0.15, 0.2) is 0 Å². The normalized spacial score (nSPS) is 12.1. The van der Waals surface area contributed by atoms with Crippen LogP contribution >= 0.6 is 0 Å². The molecule has 0 amide bonds. The highest BCUT2D eigenvalue weighted by Crippen LogP contribution is 2.15. The number of ether oxygens (including phenoxy) is 1.